The van der Waals surface area contributed by atoms with Gasteiger partial charge in [-0.05, 0) is 18.3 Å². The lowest BCUT2D eigenvalue weighted by Gasteiger charge is -2.12. The van der Waals surface area contributed by atoms with E-state index in [0.717, 1.165) is 19.3 Å². The maximum atomic E-state index is 11.6. The molecule has 0 aromatic rings. The SMILES string of the molecule is CCCC(N)CNC(=O)C1CC1(C)C. The predicted octanol–water partition coefficient (Wildman–Crippen LogP) is 1.28. The van der Waals surface area contributed by atoms with Crippen molar-refractivity contribution < 1.29 is 4.79 Å². The summed E-state index contributed by atoms with van der Waals surface area (Å²) < 4.78 is 0. The molecule has 0 aromatic heterocycles. The predicted molar refractivity (Wildman–Crippen MR) is 57.8 cm³/mol. The van der Waals surface area contributed by atoms with E-state index in [1.807, 2.05) is 0 Å². The number of nitrogens with two attached hydrogens (primary N) is 1. The third-order valence-electron chi connectivity index (χ3n) is 3.03. The van der Waals surface area contributed by atoms with Crippen LogP contribution in [0.25, 0.3) is 0 Å². The van der Waals surface area contributed by atoms with Gasteiger partial charge in [-0.2, -0.15) is 0 Å². The van der Waals surface area contributed by atoms with Gasteiger partial charge in [0.2, 0.25) is 5.91 Å². The summed E-state index contributed by atoms with van der Waals surface area (Å²) in [5, 5.41) is 2.92. The molecule has 0 radical (unpaired) electrons. The van der Waals surface area contributed by atoms with E-state index in [1.165, 1.54) is 0 Å². The zero-order valence-electron chi connectivity index (χ0n) is 9.47. The van der Waals surface area contributed by atoms with Gasteiger partial charge in [0.05, 0.1) is 0 Å². The molecule has 0 spiro atoms. The molecule has 1 aliphatic carbocycles. The standard InChI is InChI=1S/C11H22N2O/c1-4-5-8(12)7-13-10(14)9-6-11(9,2)3/h8-9H,4-7,12H2,1-3H3,(H,13,14). The number of nitrogens with one attached hydrogen (secondary N) is 1. The number of hydrogen-bond donors (Lipinski definition) is 2. The zero-order chi connectivity index (χ0) is 10.8. The highest BCUT2D eigenvalue weighted by atomic mass is 16.2. The smallest absolute Gasteiger partial charge is 0.223 e. The van der Waals surface area contributed by atoms with Crippen LogP contribution in [0, 0.1) is 11.3 Å². The van der Waals surface area contributed by atoms with Crippen LogP contribution in [-0.4, -0.2) is 18.5 Å². The van der Waals surface area contributed by atoms with Gasteiger partial charge in [-0.25, -0.2) is 0 Å². The van der Waals surface area contributed by atoms with E-state index < -0.39 is 0 Å². The van der Waals surface area contributed by atoms with Crippen LogP contribution in [0.5, 0.6) is 0 Å². The monoisotopic (exact) mass is 198 g/mol. The Morgan fingerprint density at radius 1 is 1.64 bits per heavy atom. The van der Waals surface area contributed by atoms with E-state index in [-0.39, 0.29) is 23.3 Å². The van der Waals surface area contributed by atoms with Gasteiger partial charge in [0, 0.05) is 18.5 Å². The van der Waals surface area contributed by atoms with Crippen LogP contribution in [0.1, 0.15) is 40.0 Å². The van der Waals surface area contributed by atoms with Crippen molar-refractivity contribution in [2.45, 2.75) is 46.1 Å². The van der Waals surface area contributed by atoms with Crippen LogP contribution in [0.2, 0.25) is 0 Å². The Kier molecular flexibility index (Phi) is 3.53. The van der Waals surface area contributed by atoms with Crippen LogP contribution in [-0.2, 0) is 4.79 Å². The maximum absolute atomic E-state index is 11.6. The Hall–Kier alpha value is -0.570. The molecule has 0 bridgehead atoms. The van der Waals surface area contributed by atoms with Crippen molar-refractivity contribution in [2.75, 3.05) is 6.54 Å². The molecule has 14 heavy (non-hydrogen) atoms. The third-order valence-corrected chi connectivity index (χ3v) is 3.03. The first kappa shape index (κ1) is 11.5. The molecule has 1 amide bonds. The fourth-order valence-corrected chi connectivity index (χ4v) is 1.74. The van der Waals surface area contributed by atoms with Crippen molar-refractivity contribution in [1.29, 1.82) is 0 Å². The summed E-state index contributed by atoms with van der Waals surface area (Å²) in [6.07, 6.45) is 3.07. The first-order valence-electron chi connectivity index (χ1n) is 5.50. The summed E-state index contributed by atoms with van der Waals surface area (Å²) in [5.41, 5.74) is 6.03. The van der Waals surface area contributed by atoms with E-state index >= 15 is 0 Å². The fraction of sp³-hybridized carbons (Fsp3) is 0.909. The summed E-state index contributed by atoms with van der Waals surface area (Å²) in [6, 6.07) is 0.116. The van der Waals surface area contributed by atoms with Crippen molar-refractivity contribution in [2.24, 2.45) is 17.1 Å². The van der Waals surface area contributed by atoms with Crippen molar-refractivity contribution in [1.82, 2.24) is 5.32 Å². The van der Waals surface area contributed by atoms with E-state index in [4.69, 9.17) is 5.73 Å². The molecule has 3 N–H and O–H groups in total. The topological polar surface area (TPSA) is 55.1 Å². The number of amides is 1. The molecule has 0 aliphatic heterocycles. The molecule has 3 nitrogen and oxygen atoms in total. The molecule has 1 saturated carbocycles. The Labute approximate surface area is 86.4 Å². The average Bonchev–Trinajstić information content (AvgIpc) is 2.72. The average molecular weight is 198 g/mol. The second kappa shape index (κ2) is 4.30. The van der Waals surface area contributed by atoms with E-state index in [9.17, 15) is 4.79 Å². The largest absolute Gasteiger partial charge is 0.354 e. The van der Waals surface area contributed by atoms with Crippen LogP contribution in [0.3, 0.4) is 0 Å². The lowest BCUT2D eigenvalue weighted by Crippen LogP contribution is -2.38. The Morgan fingerprint density at radius 3 is 2.64 bits per heavy atom. The molecule has 1 aliphatic rings. The van der Waals surface area contributed by atoms with Crippen LogP contribution < -0.4 is 11.1 Å². The normalized spacial score (nSPS) is 25.6. The second-order valence-corrected chi connectivity index (χ2v) is 5.04. The summed E-state index contributed by atoms with van der Waals surface area (Å²) in [6.45, 7) is 6.98. The molecule has 1 rings (SSSR count). The minimum Gasteiger partial charge on any atom is -0.354 e. The van der Waals surface area contributed by atoms with Crippen molar-refractivity contribution >= 4 is 5.91 Å². The quantitative estimate of drug-likeness (QED) is 0.699. The van der Waals surface area contributed by atoms with Crippen molar-refractivity contribution in [3.8, 4) is 0 Å². The molecule has 0 heterocycles. The van der Waals surface area contributed by atoms with Gasteiger partial charge in [-0.15, -0.1) is 0 Å². The van der Waals surface area contributed by atoms with Crippen LogP contribution in [0.4, 0.5) is 0 Å². The van der Waals surface area contributed by atoms with E-state index in [2.05, 4.69) is 26.1 Å². The molecule has 1 fully saturated rings. The number of carbonyl (C=O) groups excluding carboxylic acids is 1. The molecule has 0 saturated heterocycles. The Morgan fingerprint density at radius 2 is 2.21 bits per heavy atom. The van der Waals surface area contributed by atoms with Crippen molar-refractivity contribution in [3.63, 3.8) is 0 Å². The summed E-state index contributed by atoms with van der Waals surface area (Å²) >= 11 is 0. The number of carbonyl (C=O) groups is 1. The highest BCUT2D eigenvalue weighted by molar-refractivity contribution is 5.82. The minimum absolute atomic E-state index is 0.116. The van der Waals surface area contributed by atoms with Crippen molar-refractivity contribution in [3.05, 3.63) is 0 Å². The molecule has 3 heteroatoms. The van der Waals surface area contributed by atoms with E-state index in [1.54, 1.807) is 0 Å². The summed E-state index contributed by atoms with van der Waals surface area (Å²) in [5.74, 6) is 0.401. The van der Waals surface area contributed by atoms with Gasteiger partial charge >= 0.3 is 0 Å². The van der Waals surface area contributed by atoms with Gasteiger partial charge < -0.3 is 11.1 Å². The molecular formula is C11H22N2O. The van der Waals surface area contributed by atoms with E-state index in [0.29, 0.717) is 6.54 Å². The molecular weight excluding hydrogens is 176 g/mol. The van der Waals surface area contributed by atoms with Gasteiger partial charge in [0.25, 0.3) is 0 Å². The fourth-order valence-electron chi connectivity index (χ4n) is 1.74. The maximum Gasteiger partial charge on any atom is 0.223 e. The number of hydrogen-bond acceptors (Lipinski definition) is 2. The second-order valence-electron chi connectivity index (χ2n) is 5.04. The zero-order valence-corrected chi connectivity index (χ0v) is 9.47. The lowest BCUT2D eigenvalue weighted by molar-refractivity contribution is -0.123. The lowest BCUT2D eigenvalue weighted by atomic mass is 10.1. The van der Waals surface area contributed by atoms with Gasteiger partial charge in [-0.3, -0.25) is 4.79 Å². The van der Waals surface area contributed by atoms with Gasteiger partial charge in [-0.1, -0.05) is 27.2 Å². The molecule has 82 valence electrons. The highest BCUT2D eigenvalue weighted by Crippen LogP contribution is 2.51. The summed E-state index contributed by atoms with van der Waals surface area (Å²) in [4.78, 5) is 11.6. The first-order chi connectivity index (χ1) is 6.47. The summed E-state index contributed by atoms with van der Waals surface area (Å²) in [7, 11) is 0. The molecule has 2 atom stereocenters. The van der Waals surface area contributed by atoms with Crippen LogP contribution >= 0.6 is 0 Å². The van der Waals surface area contributed by atoms with Crippen LogP contribution in [0.15, 0.2) is 0 Å². The Bertz CT molecular complexity index is 213. The Balaban J connectivity index is 2.16. The highest BCUT2D eigenvalue weighted by Gasteiger charge is 2.50. The molecule has 0 aromatic carbocycles. The molecule has 2 unspecified atom stereocenters. The first-order valence-corrected chi connectivity index (χ1v) is 5.50. The van der Waals surface area contributed by atoms with Gasteiger partial charge in [0.15, 0.2) is 0 Å². The minimum atomic E-state index is 0.116. The number of rotatable bonds is 5. The third kappa shape index (κ3) is 2.98. The van der Waals surface area contributed by atoms with Gasteiger partial charge in [0.1, 0.15) is 0 Å².